The number of amides is 2. The number of nitrogens with zero attached hydrogens (tertiary/aromatic N) is 5. The highest BCUT2D eigenvalue weighted by Crippen LogP contribution is 2.32. The van der Waals surface area contributed by atoms with Gasteiger partial charge in [-0.15, -0.1) is 21.5 Å². The van der Waals surface area contributed by atoms with Crippen LogP contribution in [0.5, 0.6) is 5.75 Å². The molecular formula is C28H26N6O4S. The zero-order valence-corrected chi connectivity index (χ0v) is 22.2. The summed E-state index contributed by atoms with van der Waals surface area (Å²) in [5.74, 6) is 1.35. The van der Waals surface area contributed by atoms with E-state index in [2.05, 4.69) is 20.7 Å². The van der Waals surface area contributed by atoms with Crippen LogP contribution in [0.2, 0.25) is 0 Å². The number of carbonyl (C=O) groups excluding carboxylic acids is 2. The molecule has 0 aliphatic carbocycles. The molecule has 11 heteroatoms. The normalized spacial score (nSPS) is 11.6. The molecular weight excluding hydrogens is 516 g/mol. The fourth-order valence-corrected chi connectivity index (χ4v) is 4.86. The first-order valence-electron chi connectivity index (χ1n) is 12.2. The molecule has 5 aromatic rings. The zero-order valence-electron chi connectivity index (χ0n) is 21.4. The highest BCUT2D eigenvalue weighted by atomic mass is 32.1. The van der Waals surface area contributed by atoms with Crippen molar-refractivity contribution in [2.24, 2.45) is 0 Å². The summed E-state index contributed by atoms with van der Waals surface area (Å²) in [5.41, 5.74) is 1.47. The van der Waals surface area contributed by atoms with E-state index in [0.29, 0.717) is 34.4 Å². The second-order valence-corrected chi connectivity index (χ2v) is 9.62. The van der Waals surface area contributed by atoms with Gasteiger partial charge in [0.05, 0.1) is 7.11 Å². The Morgan fingerprint density at radius 2 is 1.85 bits per heavy atom. The van der Waals surface area contributed by atoms with Crippen molar-refractivity contribution in [3.05, 3.63) is 100 Å². The Hall–Kier alpha value is -4.77. The van der Waals surface area contributed by atoms with E-state index in [9.17, 15) is 9.59 Å². The minimum Gasteiger partial charge on any atom is -0.497 e. The number of hydrogen-bond donors (Lipinski definition) is 1. The van der Waals surface area contributed by atoms with Crippen LogP contribution in [0.4, 0.5) is 5.69 Å². The van der Waals surface area contributed by atoms with Crippen molar-refractivity contribution in [2.75, 3.05) is 12.0 Å². The molecule has 0 radical (unpaired) electrons. The molecule has 1 N–H and O–H groups in total. The van der Waals surface area contributed by atoms with E-state index in [0.717, 1.165) is 5.56 Å². The topological polar surface area (TPSA) is 115 Å². The van der Waals surface area contributed by atoms with Crippen molar-refractivity contribution in [1.82, 2.24) is 25.5 Å². The highest BCUT2D eigenvalue weighted by Gasteiger charge is 2.34. The molecule has 0 aliphatic heterocycles. The molecule has 2 amide bonds. The summed E-state index contributed by atoms with van der Waals surface area (Å²) in [7, 11) is 1.57. The number of carbonyl (C=O) groups is 2. The molecule has 0 bridgehead atoms. The van der Waals surface area contributed by atoms with E-state index in [4.69, 9.17) is 9.15 Å². The van der Waals surface area contributed by atoms with Crippen molar-refractivity contribution in [2.45, 2.75) is 26.1 Å². The van der Waals surface area contributed by atoms with Crippen molar-refractivity contribution >= 4 is 28.8 Å². The third-order valence-electron chi connectivity index (χ3n) is 5.94. The minimum atomic E-state index is -0.926. The number of tetrazole rings is 1. The molecule has 5 rings (SSSR count). The third-order valence-corrected chi connectivity index (χ3v) is 6.86. The highest BCUT2D eigenvalue weighted by molar-refractivity contribution is 7.10. The molecule has 0 spiro atoms. The van der Waals surface area contributed by atoms with E-state index in [-0.39, 0.29) is 18.3 Å². The first kappa shape index (κ1) is 25.9. The van der Waals surface area contributed by atoms with E-state index in [1.165, 1.54) is 21.0 Å². The van der Waals surface area contributed by atoms with Gasteiger partial charge in [-0.05, 0) is 65.5 Å². The number of benzene rings is 2. The van der Waals surface area contributed by atoms with Crippen LogP contribution in [0.25, 0.3) is 11.6 Å². The van der Waals surface area contributed by atoms with Crippen molar-refractivity contribution in [1.29, 1.82) is 0 Å². The summed E-state index contributed by atoms with van der Waals surface area (Å²) in [6.07, 6.45) is 0. The predicted octanol–water partition coefficient (Wildman–Crippen LogP) is 4.40. The van der Waals surface area contributed by atoms with Crippen LogP contribution >= 0.6 is 11.3 Å². The largest absolute Gasteiger partial charge is 0.497 e. The number of aryl methyl sites for hydroxylation is 1. The van der Waals surface area contributed by atoms with E-state index < -0.39 is 11.9 Å². The van der Waals surface area contributed by atoms with Gasteiger partial charge >= 0.3 is 0 Å². The van der Waals surface area contributed by atoms with Crippen LogP contribution in [-0.2, 0) is 22.7 Å². The molecule has 0 fully saturated rings. The Morgan fingerprint density at radius 1 is 1.05 bits per heavy atom. The third kappa shape index (κ3) is 6.04. The zero-order chi connectivity index (χ0) is 27.2. The van der Waals surface area contributed by atoms with Crippen LogP contribution < -0.4 is 15.0 Å². The number of furan rings is 1. The van der Waals surface area contributed by atoms with Gasteiger partial charge in [-0.1, -0.05) is 36.4 Å². The molecule has 0 saturated carbocycles. The van der Waals surface area contributed by atoms with Crippen molar-refractivity contribution in [3.8, 4) is 17.3 Å². The van der Waals surface area contributed by atoms with Gasteiger partial charge in [0.15, 0.2) is 5.76 Å². The summed E-state index contributed by atoms with van der Waals surface area (Å²) in [6, 6.07) is 22.9. The SMILES string of the molecule is COc1ccc(N(C(=O)Cn2nnc(-c3ccc(C)o3)n2)C(C(=O)NCc2ccccc2)c2cccs2)cc1. The Kier molecular flexibility index (Phi) is 7.78. The van der Waals surface area contributed by atoms with Gasteiger partial charge in [-0.25, -0.2) is 0 Å². The maximum atomic E-state index is 13.9. The molecule has 10 nitrogen and oxygen atoms in total. The number of thiophene rings is 1. The second kappa shape index (κ2) is 11.7. The van der Waals surface area contributed by atoms with Crippen molar-refractivity contribution < 1.29 is 18.7 Å². The summed E-state index contributed by atoms with van der Waals surface area (Å²) in [6.45, 7) is 1.90. The number of rotatable bonds is 10. The van der Waals surface area contributed by atoms with Gasteiger partial charge in [0, 0.05) is 17.1 Å². The monoisotopic (exact) mass is 542 g/mol. The molecule has 1 atom stereocenters. The van der Waals surface area contributed by atoms with Gasteiger partial charge in [0.25, 0.3) is 5.91 Å². The summed E-state index contributed by atoms with van der Waals surface area (Å²) >= 11 is 1.40. The van der Waals surface area contributed by atoms with Gasteiger partial charge in [-0.3, -0.25) is 14.5 Å². The lowest BCUT2D eigenvalue weighted by Gasteiger charge is -2.30. The fourth-order valence-electron chi connectivity index (χ4n) is 4.04. The summed E-state index contributed by atoms with van der Waals surface area (Å²) in [4.78, 5) is 31.0. The fraction of sp³-hybridized carbons (Fsp3) is 0.179. The van der Waals surface area contributed by atoms with Crippen LogP contribution in [0.15, 0.2) is 88.7 Å². The lowest BCUT2D eigenvalue weighted by atomic mass is 10.1. The Bertz CT molecular complexity index is 1530. The standard InChI is InChI=1S/C28H26N6O4S/c1-19-10-15-23(38-19)27-30-32-33(31-27)18-25(35)34(21-11-13-22(37-2)14-12-21)26(24-9-6-16-39-24)28(36)29-17-20-7-4-3-5-8-20/h3-16,26H,17-18H2,1-2H3,(H,29,36). The lowest BCUT2D eigenvalue weighted by molar-refractivity contribution is -0.127. The van der Waals surface area contributed by atoms with Gasteiger partial charge in [-0.2, -0.15) is 4.80 Å². The van der Waals surface area contributed by atoms with Gasteiger partial charge in [0.2, 0.25) is 11.7 Å². The van der Waals surface area contributed by atoms with Crippen LogP contribution in [-0.4, -0.2) is 39.1 Å². The van der Waals surface area contributed by atoms with Crippen LogP contribution in [0.3, 0.4) is 0 Å². The number of ether oxygens (including phenoxy) is 1. The van der Waals surface area contributed by atoms with Crippen molar-refractivity contribution in [3.63, 3.8) is 0 Å². The molecule has 0 saturated heterocycles. The van der Waals surface area contributed by atoms with E-state index in [1.807, 2.05) is 54.8 Å². The van der Waals surface area contributed by atoms with Gasteiger partial charge < -0.3 is 14.5 Å². The molecule has 1 unspecified atom stereocenters. The van der Waals surface area contributed by atoms with Crippen LogP contribution in [0, 0.1) is 6.92 Å². The molecule has 2 aromatic carbocycles. The number of nitrogens with one attached hydrogen (secondary N) is 1. The molecule has 198 valence electrons. The van der Waals surface area contributed by atoms with E-state index >= 15 is 0 Å². The van der Waals surface area contributed by atoms with E-state index in [1.54, 1.807) is 43.5 Å². The summed E-state index contributed by atoms with van der Waals surface area (Å²) in [5, 5.41) is 17.2. The smallest absolute Gasteiger partial charge is 0.251 e. The summed E-state index contributed by atoms with van der Waals surface area (Å²) < 4.78 is 10.9. The molecule has 3 aromatic heterocycles. The Labute approximate surface area is 228 Å². The molecule has 0 aliphatic rings. The number of aromatic nitrogens is 4. The number of anilines is 1. The lowest BCUT2D eigenvalue weighted by Crippen LogP contribution is -2.45. The Balaban J connectivity index is 1.46. The number of hydrogen-bond acceptors (Lipinski definition) is 8. The predicted molar refractivity (Wildman–Crippen MR) is 146 cm³/mol. The number of methoxy groups -OCH3 is 1. The quantitative estimate of drug-likeness (QED) is 0.278. The minimum absolute atomic E-state index is 0.243. The average molecular weight is 543 g/mol. The average Bonchev–Trinajstić information content (AvgIpc) is 3.74. The molecule has 39 heavy (non-hydrogen) atoms. The Morgan fingerprint density at radius 3 is 2.51 bits per heavy atom. The maximum Gasteiger partial charge on any atom is 0.251 e. The maximum absolute atomic E-state index is 13.9. The van der Waals surface area contributed by atoms with Crippen LogP contribution in [0.1, 0.15) is 22.2 Å². The first-order chi connectivity index (χ1) is 19.0. The second-order valence-electron chi connectivity index (χ2n) is 8.64. The van der Waals surface area contributed by atoms with Gasteiger partial charge in [0.1, 0.15) is 24.1 Å². The molecule has 3 heterocycles. The first-order valence-corrected chi connectivity index (χ1v) is 13.1.